The minimum absolute atomic E-state index is 0.110. The number of benzene rings is 1. The second-order valence-electron chi connectivity index (χ2n) is 4.16. The second-order valence-corrected chi connectivity index (χ2v) is 4.16. The standard InChI is InChI=1S/C13H11N5O2/c1-8(15)10(6-14)12(19)7-18-13(20)9-4-2-3-5-11(9)16-17-18/h2-5H,7,15H2,1H3/b10-8+. The van der Waals surface area contributed by atoms with Gasteiger partial charge in [0, 0.05) is 5.70 Å². The van der Waals surface area contributed by atoms with Crippen molar-refractivity contribution in [1.82, 2.24) is 15.0 Å². The smallest absolute Gasteiger partial charge is 0.278 e. The van der Waals surface area contributed by atoms with E-state index in [9.17, 15) is 9.59 Å². The Morgan fingerprint density at radius 2 is 2.15 bits per heavy atom. The van der Waals surface area contributed by atoms with Crippen LogP contribution in [0, 0.1) is 11.3 Å². The molecule has 0 bridgehead atoms. The summed E-state index contributed by atoms with van der Waals surface area (Å²) in [5.41, 5.74) is 5.40. The summed E-state index contributed by atoms with van der Waals surface area (Å²) < 4.78 is 0.922. The third-order valence-electron chi connectivity index (χ3n) is 2.71. The number of carbonyl (C=O) groups is 1. The number of hydrogen-bond acceptors (Lipinski definition) is 6. The zero-order valence-electron chi connectivity index (χ0n) is 10.7. The molecule has 7 nitrogen and oxygen atoms in total. The van der Waals surface area contributed by atoms with Crippen molar-refractivity contribution < 1.29 is 4.79 Å². The molecule has 2 N–H and O–H groups in total. The highest BCUT2D eigenvalue weighted by molar-refractivity contribution is 5.99. The number of carbonyl (C=O) groups excluding carboxylic acids is 1. The Hall–Kier alpha value is -3.01. The van der Waals surface area contributed by atoms with Crippen LogP contribution in [0.1, 0.15) is 6.92 Å². The number of rotatable bonds is 3. The van der Waals surface area contributed by atoms with E-state index in [1.54, 1.807) is 30.3 Å². The first-order valence-corrected chi connectivity index (χ1v) is 5.76. The van der Waals surface area contributed by atoms with Crippen molar-refractivity contribution in [3.05, 3.63) is 45.9 Å². The van der Waals surface area contributed by atoms with Crippen LogP contribution in [-0.4, -0.2) is 20.8 Å². The zero-order chi connectivity index (χ0) is 14.7. The maximum absolute atomic E-state index is 12.1. The van der Waals surface area contributed by atoms with E-state index in [0.717, 1.165) is 4.68 Å². The van der Waals surface area contributed by atoms with E-state index < -0.39 is 11.3 Å². The van der Waals surface area contributed by atoms with E-state index in [-0.39, 0.29) is 17.8 Å². The highest BCUT2D eigenvalue weighted by atomic mass is 16.1. The van der Waals surface area contributed by atoms with E-state index in [1.807, 2.05) is 0 Å². The number of allylic oxidation sites excluding steroid dienone is 2. The van der Waals surface area contributed by atoms with Gasteiger partial charge in [0.2, 0.25) is 0 Å². The van der Waals surface area contributed by atoms with Gasteiger partial charge in [0.15, 0.2) is 5.78 Å². The molecular weight excluding hydrogens is 258 g/mol. The van der Waals surface area contributed by atoms with Gasteiger partial charge in [-0.1, -0.05) is 17.3 Å². The van der Waals surface area contributed by atoms with Gasteiger partial charge in [-0.2, -0.15) is 5.26 Å². The molecule has 0 aliphatic rings. The molecule has 1 aromatic heterocycles. The SMILES string of the molecule is C/C(N)=C(/C#N)C(=O)Cn1nnc2ccccc2c1=O. The minimum Gasteiger partial charge on any atom is -0.401 e. The van der Waals surface area contributed by atoms with Gasteiger partial charge in [-0.05, 0) is 19.1 Å². The van der Waals surface area contributed by atoms with Gasteiger partial charge in [-0.3, -0.25) is 9.59 Å². The van der Waals surface area contributed by atoms with E-state index in [1.165, 1.54) is 6.92 Å². The highest BCUT2D eigenvalue weighted by Gasteiger charge is 2.14. The molecule has 0 aliphatic heterocycles. The largest absolute Gasteiger partial charge is 0.401 e. The summed E-state index contributed by atoms with van der Waals surface area (Å²) in [6.45, 7) is 1.08. The molecular formula is C13H11N5O2. The molecule has 0 radical (unpaired) electrons. The quantitative estimate of drug-likeness (QED) is 0.625. The van der Waals surface area contributed by atoms with Crippen molar-refractivity contribution in [1.29, 1.82) is 5.26 Å². The average Bonchev–Trinajstić information content (AvgIpc) is 2.42. The third-order valence-corrected chi connectivity index (χ3v) is 2.71. The molecule has 0 atom stereocenters. The maximum Gasteiger partial charge on any atom is 0.278 e. The van der Waals surface area contributed by atoms with Gasteiger partial charge in [-0.15, -0.1) is 5.10 Å². The number of nitriles is 1. The minimum atomic E-state index is -0.570. The number of nitrogens with zero attached hydrogens (tertiary/aromatic N) is 4. The maximum atomic E-state index is 12.1. The predicted molar refractivity (Wildman–Crippen MR) is 71.3 cm³/mol. The van der Waals surface area contributed by atoms with E-state index in [4.69, 9.17) is 11.0 Å². The van der Waals surface area contributed by atoms with Crippen LogP contribution in [0.2, 0.25) is 0 Å². The fraction of sp³-hybridized carbons (Fsp3) is 0.154. The van der Waals surface area contributed by atoms with E-state index in [2.05, 4.69) is 10.3 Å². The van der Waals surface area contributed by atoms with Gasteiger partial charge in [0.25, 0.3) is 5.56 Å². The van der Waals surface area contributed by atoms with Gasteiger partial charge < -0.3 is 5.73 Å². The van der Waals surface area contributed by atoms with Crippen LogP contribution in [-0.2, 0) is 11.3 Å². The molecule has 1 aromatic carbocycles. The summed E-state index contributed by atoms with van der Waals surface area (Å²) in [6, 6.07) is 8.41. The lowest BCUT2D eigenvalue weighted by Crippen LogP contribution is -2.28. The number of aromatic nitrogens is 3. The Bertz CT molecular complexity index is 809. The summed E-state index contributed by atoms with van der Waals surface area (Å²) in [5.74, 6) is -0.570. The molecule has 2 rings (SSSR count). The molecule has 100 valence electrons. The van der Waals surface area contributed by atoms with Crippen LogP contribution in [0.5, 0.6) is 0 Å². The Morgan fingerprint density at radius 1 is 1.45 bits per heavy atom. The van der Waals surface area contributed by atoms with Gasteiger partial charge in [-0.25, -0.2) is 4.68 Å². The van der Waals surface area contributed by atoms with Crippen LogP contribution >= 0.6 is 0 Å². The molecule has 2 aromatic rings. The lowest BCUT2D eigenvalue weighted by atomic mass is 10.1. The molecule has 1 heterocycles. The first-order chi connectivity index (χ1) is 9.54. The zero-order valence-corrected chi connectivity index (χ0v) is 10.7. The van der Waals surface area contributed by atoms with Gasteiger partial charge in [0.1, 0.15) is 23.7 Å². The molecule has 0 fully saturated rings. The first kappa shape index (κ1) is 13.4. The second kappa shape index (κ2) is 5.32. The Labute approximate surface area is 113 Å². The van der Waals surface area contributed by atoms with E-state index in [0.29, 0.717) is 10.9 Å². The van der Waals surface area contributed by atoms with Crippen LogP contribution in [0.4, 0.5) is 0 Å². The Kier molecular flexibility index (Phi) is 3.57. The van der Waals surface area contributed by atoms with E-state index >= 15 is 0 Å². The van der Waals surface area contributed by atoms with Crippen molar-refractivity contribution in [3.63, 3.8) is 0 Å². The molecule has 0 saturated carbocycles. The van der Waals surface area contributed by atoms with Crippen LogP contribution in [0.3, 0.4) is 0 Å². The fourth-order valence-corrected chi connectivity index (χ4v) is 1.71. The third kappa shape index (κ3) is 2.40. The molecule has 0 unspecified atom stereocenters. The van der Waals surface area contributed by atoms with Crippen molar-refractivity contribution in [3.8, 4) is 6.07 Å². The van der Waals surface area contributed by atoms with Gasteiger partial charge in [0.05, 0.1) is 5.39 Å². The molecule has 0 spiro atoms. The van der Waals surface area contributed by atoms with Crippen LogP contribution in [0.15, 0.2) is 40.3 Å². The number of Topliss-reactive ketones (excluding diaryl/α,β-unsaturated/α-hetero) is 1. The first-order valence-electron chi connectivity index (χ1n) is 5.76. The summed E-state index contributed by atoms with van der Waals surface area (Å²) in [7, 11) is 0. The molecule has 20 heavy (non-hydrogen) atoms. The number of hydrogen-bond donors (Lipinski definition) is 1. The number of nitrogens with two attached hydrogens (primary N) is 1. The summed E-state index contributed by atoms with van der Waals surface area (Å²) >= 11 is 0. The van der Waals surface area contributed by atoms with Gasteiger partial charge >= 0.3 is 0 Å². The normalized spacial score (nSPS) is 11.8. The molecule has 0 amide bonds. The monoisotopic (exact) mass is 269 g/mol. The topological polar surface area (TPSA) is 115 Å². The molecule has 7 heteroatoms. The molecule has 0 aliphatic carbocycles. The summed E-state index contributed by atoms with van der Waals surface area (Å²) in [5, 5.41) is 16.8. The van der Waals surface area contributed by atoms with Crippen molar-refractivity contribution in [2.75, 3.05) is 0 Å². The fourth-order valence-electron chi connectivity index (χ4n) is 1.71. The van der Waals surface area contributed by atoms with Crippen LogP contribution < -0.4 is 11.3 Å². The lowest BCUT2D eigenvalue weighted by molar-refractivity contribution is -0.116. The van der Waals surface area contributed by atoms with Crippen molar-refractivity contribution >= 4 is 16.7 Å². The summed E-state index contributed by atoms with van der Waals surface area (Å²) in [6.07, 6.45) is 0. The van der Waals surface area contributed by atoms with Crippen molar-refractivity contribution in [2.45, 2.75) is 13.5 Å². The highest BCUT2D eigenvalue weighted by Crippen LogP contribution is 2.04. The Morgan fingerprint density at radius 3 is 2.80 bits per heavy atom. The average molecular weight is 269 g/mol. The van der Waals surface area contributed by atoms with Crippen molar-refractivity contribution in [2.24, 2.45) is 5.73 Å². The lowest BCUT2D eigenvalue weighted by Gasteiger charge is -2.04. The summed E-state index contributed by atoms with van der Waals surface area (Å²) in [4.78, 5) is 24.0. The molecule has 0 saturated heterocycles. The van der Waals surface area contributed by atoms with Crippen LogP contribution in [0.25, 0.3) is 10.9 Å². The Balaban J connectivity index is 2.44. The number of ketones is 1. The number of fused-ring (bicyclic) bond motifs is 1. The predicted octanol–water partition coefficient (Wildman–Crippen LogP) is 0.117.